The number of hydrogen-bond acceptors (Lipinski definition) is 2. The van der Waals surface area contributed by atoms with Gasteiger partial charge in [-0.1, -0.05) is 6.08 Å². The van der Waals surface area contributed by atoms with Crippen molar-refractivity contribution < 1.29 is 4.79 Å². The highest BCUT2D eigenvalue weighted by Crippen LogP contribution is 2.03. The van der Waals surface area contributed by atoms with E-state index in [1.54, 1.807) is 0 Å². The minimum absolute atomic E-state index is 0.170. The zero-order chi connectivity index (χ0) is 8.97. The van der Waals surface area contributed by atoms with Gasteiger partial charge in [0.05, 0.1) is 5.92 Å². The molecular formula is C9H16N2O. The summed E-state index contributed by atoms with van der Waals surface area (Å²) >= 11 is 0. The van der Waals surface area contributed by atoms with Crippen LogP contribution in [0.3, 0.4) is 0 Å². The van der Waals surface area contributed by atoms with Crippen molar-refractivity contribution in [3.05, 3.63) is 12.7 Å². The summed E-state index contributed by atoms with van der Waals surface area (Å²) in [7, 11) is 0. The van der Waals surface area contributed by atoms with E-state index in [1.165, 1.54) is 0 Å². The molecule has 0 aromatic heterocycles. The molecule has 3 heteroatoms. The van der Waals surface area contributed by atoms with Crippen molar-refractivity contribution in [3.63, 3.8) is 0 Å². The Morgan fingerprint density at radius 3 is 2.92 bits per heavy atom. The van der Waals surface area contributed by atoms with E-state index in [0.29, 0.717) is 0 Å². The molecule has 12 heavy (non-hydrogen) atoms. The van der Waals surface area contributed by atoms with E-state index in [-0.39, 0.29) is 17.9 Å². The molecule has 1 aliphatic heterocycles. The molecule has 68 valence electrons. The molecule has 1 fully saturated rings. The Hall–Kier alpha value is -0.830. The molecule has 1 saturated heterocycles. The van der Waals surface area contributed by atoms with Crippen LogP contribution < -0.4 is 10.6 Å². The first-order valence-electron chi connectivity index (χ1n) is 4.36. The summed E-state index contributed by atoms with van der Waals surface area (Å²) in [6.45, 7) is 7.27. The van der Waals surface area contributed by atoms with Gasteiger partial charge < -0.3 is 10.6 Å². The molecule has 1 rings (SSSR count). The lowest BCUT2D eigenvalue weighted by Gasteiger charge is -2.27. The van der Waals surface area contributed by atoms with Crippen molar-refractivity contribution in [3.8, 4) is 0 Å². The SMILES string of the molecule is C=CCC(C)NC(=O)C1CNC1. The first-order chi connectivity index (χ1) is 5.74. The molecule has 0 aromatic rings. The lowest BCUT2D eigenvalue weighted by Crippen LogP contribution is -2.52. The molecule has 1 atom stereocenters. The second kappa shape index (κ2) is 4.26. The molecule has 0 saturated carbocycles. The normalized spacial score (nSPS) is 19.4. The standard InChI is InChI=1S/C9H16N2O/c1-3-4-7(2)11-9(12)8-5-10-6-8/h3,7-8,10H,1,4-6H2,2H3,(H,11,12). The van der Waals surface area contributed by atoms with E-state index in [9.17, 15) is 4.79 Å². The minimum Gasteiger partial charge on any atom is -0.353 e. The molecular weight excluding hydrogens is 152 g/mol. The van der Waals surface area contributed by atoms with E-state index in [2.05, 4.69) is 17.2 Å². The zero-order valence-electron chi connectivity index (χ0n) is 7.47. The zero-order valence-corrected chi connectivity index (χ0v) is 7.47. The van der Waals surface area contributed by atoms with Crippen LogP contribution in [0, 0.1) is 5.92 Å². The molecule has 3 nitrogen and oxygen atoms in total. The van der Waals surface area contributed by atoms with Crippen LogP contribution in [-0.2, 0) is 4.79 Å². The van der Waals surface area contributed by atoms with E-state index in [1.807, 2.05) is 13.0 Å². The van der Waals surface area contributed by atoms with Crippen LogP contribution in [0.25, 0.3) is 0 Å². The maximum atomic E-state index is 11.3. The van der Waals surface area contributed by atoms with Gasteiger partial charge in [0.25, 0.3) is 0 Å². The monoisotopic (exact) mass is 168 g/mol. The lowest BCUT2D eigenvalue weighted by atomic mass is 10.0. The van der Waals surface area contributed by atoms with Gasteiger partial charge in [0.2, 0.25) is 5.91 Å². The summed E-state index contributed by atoms with van der Waals surface area (Å²) in [5.41, 5.74) is 0. The Bertz CT molecular complexity index is 175. The highest BCUT2D eigenvalue weighted by molar-refractivity contribution is 5.80. The molecule has 0 radical (unpaired) electrons. The first kappa shape index (κ1) is 9.26. The van der Waals surface area contributed by atoms with Crippen LogP contribution in [0.5, 0.6) is 0 Å². The van der Waals surface area contributed by atoms with E-state index >= 15 is 0 Å². The van der Waals surface area contributed by atoms with Crippen LogP contribution in [0.1, 0.15) is 13.3 Å². The first-order valence-corrected chi connectivity index (χ1v) is 4.36. The van der Waals surface area contributed by atoms with Crippen molar-refractivity contribution in [2.75, 3.05) is 13.1 Å². The fraction of sp³-hybridized carbons (Fsp3) is 0.667. The van der Waals surface area contributed by atoms with Crippen LogP contribution in [-0.4, -0.2) is 25.0 Å². The fourth-order valence-electron chi connectivity index (χ4n) is 1.14. The van der Waals surface area contributed by atoms with Crippen LogP contribution >= 0.6 is 0 Å². The highest BCUT2D eigenvalue weighted by Gasteiger charge is 2.25. The fourth-order valence-corrected chi connectivity index (χ4v) is 1.14. The molecule has 1 unspecified atom stereocenters. The van der Waals surface area contributed by atoms with Gasteiger partial charge in [0.15, 0.2) is 0 Å². The Kier molecular flexibility index (Phi) is 3.29. The van der Waals surface area contributed by atoms with Gasteiger partial charge in [-0.2, -0.15) is 0 Å². The quantitative estimate of drug-likeness (QED) is 0.592. The third-order valence-electron chi connectivity index (χ3n) is 2.06. The Labute approximate surface area is 73.2 Å². The largest absolute Gasteiger partial charge is 0.353 e. The summed E-state index contributed by atoms with van der Waals surface area (Å²) < 4.78 is 0. The Morgan fingerprint density at radius 2 is 2.50 bits per heavy atom. The molecule has 1 aliphatic rings. The molecule has 0 spiro atoms. The molecule has 1 amide bonds. The van der Waals surface area contributed by atoms with Gasteiger partial charge in [0.1, 0.15) is 0 Å². The number of carbonyl (C=O) groups is 1. The molecule has 0 bridgehead atoms. The molecule has 0 aliphatic carbocycles. The maximum Gasteiger partial charge on any atom is 0.225 e. The number of nitrogens with one attached hydrogen (secondary N) is 2. The number of amides is 1. The van der Waals surface area contributed by atoms with E-state index in [4.69, 9.17) is 0 Å². The molecule has 1 heterocycles. The Morgan fingerprint density at radius 1 is 1.83 bits per heavy atom. The van der Waals surface area contributed by atoms with Gasteiger partial charge >= 0.3 is 0 Å². The molecule has 0 aromatic carbocycles. The van der Waals surface area contributed by atoms with Crippen molar-refractivity contribution in [1.82, 2.24) is 10.6 Å². The molecule has 2 N–H and O–H groups in total. The lowest BCUT2D eigenvalue weighted by molar-refractivity contribution is -0.126. The smallest absolute Gasteiger partial charge is 0.225 e. The summed E-state index contributed by atoms with van der Waals surface area (Å²) in [5, 5.41) is 6.00. The number of carbonyl (C=O) groups excluding carboxylic acids is 1. The van der Waals surface area contributed by atoms with Crippen molar-refractivity contribution in [2.45, 2.75) is 19.4 Å². The van der Waals surface area contributed by atoms with Crippen molar-refractivity contribution in [1.29, 1.82) is 0 Å². The summed E-state index contributed by atoms with van der Waals surface area (Å²) in [5.74, 6) is 0.361. The van der Waals surface area contributed by atoms with Gasteiger partial charge in [-0.25, -0.2) is 0 Å². The maximum absolute atomic E-state index is 11.3. The van der Waals surface area contributed by atoms with Gasteiger partial charge in [-0.05, 0) is 13.3 Å². The van der Waals surface area contributed by atoms with Crippen molar-refractivity contribution in [2.24, 2.45) is 5.92 Å². The van der Waals surface area contributed by atoms with Crippen LogP contribution in [0.15, 0.2) is 12.7 Å². The van der Waals surface area contributed by atoms with Gasteiger partial charge in [-0.15, -0.1) is 6.58 Å². The van der Waals surface area contributed by atoms with Crippen LogP contribution in [0.2, 0.25) is 0 Å². The summed E-state index contributed by atoms with van der Waals surface area (Å²) in [6.07, 6.45) is 2.66. The number of rotatable bonds is 4. The number of hydrogen-bond donors (Lipinski definition) is 2. The summed E-state index contributed by atoms with van der Waals surface area (Å²) in [4.78, 5) is 11.3. The topological polar surface area (TPSA) is 41.1 Å². The van der Waals surface area contributed by atoms with Crippen LogP contribution in [0.4, 0.5) is 0 Å². The second-order valence-electron chi connectivity index (χ2n) is 3.29. The third-order valence-corrected chi connectivity index (χ3v) is 2.06. The van der Waals surface area contributed by atoms with Crippen molar-refractivity contribution >= 4 is 5.91 Å². The average Bonchev–Trinajstić information content (AvgIpc) is 1.82. The Balaban J connectivity index is 2.19. The minimum atomic E-state index is 0.170. The van der Waals surface area contributed by atoms with Gasteiger partial charge in [0, 0.05) is 19.1 Å². The predicted molar refractivity (Wildman–Crippen MR) is 48.8 cm³/mol. The van der Waals surface area contributed by atoms with Gasteiger partial charge in [-0.3, -0.25) is 4.79 Å². The second-order valence-corrected chi connectivity index (χ2v) is 3.29. The predicted octanol–water partition coefficient (Wildman–Crippen LogP) is 0.287. The summed E-state index contributed by atoms with van der Waals surface area (Å²) in [6, 6.07) is 0.218. The van der Waals surface area contributed by atoms with E-state index < -0.39 is 0 Å². The highest BCUT2D eigenvalue weighted by atomic mass is 16.2. The van der Waals surface area contributed by atoms with E-state index in [0.717, 1.165) is 19.5 Å². The average molecular weight is 168 g/mol. The third kappa shape index (κ3) is 2.34.